The van der Waals surface area contributed by atoms with Crippen molar-refractivity contribution in [2.45, 2.75) is 59.2 Å². The lowest BCUT2D eigenvalue weighted by Crippen LogP contribution is -2.29. The Hall–Kier alpha value is -0.860. The third-order valence-corrected chi connectivity index (χ3v) is 3.41. The molecule has 2 heteroatoms. The summed E-state index contributed by atoms with van der Waals surface area (Å²) in [4.78, 5) is 10.9. The van der Waals surface area contributed by atoms with Gasteiger partial charge in [-0.05, 0) is 56.7 Å². The molecule has 1 heterocycles. The molecule has 0 radical (unpaired) electrons. The third kappa shape index (κ3) is 2.70. The SMILES string of the molecule is Cc1cc(C)c2c(c1)COOC(C)(C)CC2C. The summed E-state index contributed by atoms with van der Waals surface area (Å²) in [6.07, 6.45) is 0.976. The maximum Gasteiger partial charge on any atom is 0.108 e. The van der Waals surface area contributed by atoms with Crippen molar-refractivity contribution in [2.75, 3.05) is 0 Å². The van der Waals surface area contributed by atoms with E-state index in [1.54, 1.807) is 0 Å². The molecule has 0 fully saturated rings. The molecule has 0 saturated carbocycles. The number of rotatable bonds is 0. The van der Waals surface area contributed by atoms with Crippen molar-refractivity contribution >= 4 is 0 Å². The van der Waals surface area contributed by atoms with Gasteiger partial charge in [-0.25, -0.2) is 9.78 Å². The second-order valence-electron chi connectivity index (χ2n) is 5.87. The molecular formula is C15H22O2. The Morgan fingerprint density at radius 2 is 1.94 bits per heavy atom. The lowest BCUT2D eigenvalue weighted by molar-refractivity contribution is -0.364. The van der Waals surface area contributed by atoms with Crippen LogP contribution in [-0.4, -0.2) is 5.60 Å². The molecule has 94 valence electrons. The number of benzene rings is 1. The van der Waals surface area contributed by atoms with Crippen LogP contribution in [0.4, 0.5) is 0 Å². The molecule has 1 aliphatic rings. The van der Waals surface area contributed by atoms with E-state index in [1.807, 2.05) is 0 Å². The molecule has 0 bridgehead atoms. The molecule has 17 heavy (non-hydrogen) atoms. The van der Waals surface area contributed by atoms with Gasteiger partial charge < -0.3 is 0 Å². The normalized spacial score (nSPS) is 23.7. The maximum absolute atomic E-state index is 5.48. The zero-order valence-corrected chi connectivity index (χ0v) is 11.5. The molecule has 0 aromatic heterocycles. The first-order valence-corrected chi connectivity index (χ1v) is 6.30. The summed E-state index contributed by atoms with van der Waals surface area (Å²) >= 11 is 0. The average molecular weight is 234 g/mol. The van der Waals surface area contributed by atoms with Crippen LogP contribution in [0.25, 0.3) is 0 Å². The van der Waals surface area contributed by atoms with E-state index in [2.05, 4.69) is 46.8 Å². The Kier molecular flexibility index (Phi) is 3.28. The largest absolute Gasteiger partial charge is 0.231 e. The second kappa shape index (κ2) is 4.43. The molecule has 0 spiro atoms. The van der Waals surface area contributed by atoms with E-state index in [9.17, 15) is 0 Å². The summed E-state index contributed by atoms with van der Waals surface area (Å²) in [7, 11) is 0. The first-order chi connectivity index (χ1) is 7.89. The Morgan fingerprint density at radius 1 is 1.24 bits per heavy atom. The summed E-state index contributed by atoms with van der Waals surface area (Å²) < 4.78 is 0. The quantitative estimate of drug-likeness (QED) is 0.631. The van der Waals surface area contributed by atoms with Gasteiger partial charge in [0.05, 0.1) is 5.60 Å². The van der Waals surface area contributed by atoms with Crippen LogP contribution in [-0.2, 0) is 16.4 Å². The second-order valence-corrected chi connectivity index (χ2v) is 5.87. The van der Waals surface area contributed by atoms with Gasteiger partial charge in [0.25, 0.3) is 0 Å². The zero-order chi connectivity index (χ0) is 12.6. The van der Waals surface area contributed by atoms with E-state index in [0.29, 0.717) is 12.5 Å². The molecule has 1 aromatic rings. The highest BCUT2D eigenvalue weighted by Gasteiger charge is 2.28. The van der Waals surface area contributed by atoms with Crippen molar-refractivity contribution < 1.29 is 9.78 Å². The highest BCUT2D eigenvalue weighted by Crippen LogP contribution is 2.35. The highest BCUT2D eigenvalue weighted by molar-refractivity contribution is 5.40. The molecule has 2 rings (SSSR count). The number of hydrogen-bond acceptors (Lipinski definition) is 2. The summed E-state index contributed by atoms with van der Waals surface area (Å²) in [6, 6.07) is 4.46. The van der Waals surface area contributed by atoms with Gasteiger partial charge in [-0.2, -0.15) is 0 Å². The van der Waals surface area contributed by atoms with Crippen LogP contribution in [0.2, 0.25) is 0 Å². The van der Waals surface area contributed by atoms with Crippen molar-refractivity contribution in [2.24, 2.45) is 0 Å². The van der Waals surface area contributed by atoms with E-state index >= 15 is 0 Å². The van der Waals surface area contributed by atoms with Crippen LogP contribution < -0.4 is 0 Å². The van der Waals surface area contributed by atoms with Crippen molar-refractivity contribution in [1.29, 1.82) is 0 Å². The van der Waals surface area contributed by atoms with Crippen molar-refractivity contribution in [3.8, 4) is 0 Å². The molecule has 0 amide bonds. The predicted octanol–water partition coefficient (Wildman–Crippen LogP) is 4.04. The topological polar surface area (TPSA) is 18.5 Å². The van der Waals surface area contributed by atoms with Gasteiger partial charge in [0, 0.05) is 0 Å². The van der Waals surface area contributed by atoms with Crippen LogP contribution >= 0.6 is 0 Å². The van der Waals surface area contributed by atoms with E-state index in [1.165, 1.54) is 22.3 Å². The Balaban J connectivity index is 2.45. The summed E-state index contributed by atoms with van der Waals surface area (Å²) in [6.45, 7) is 11.3. The fourth-order valence-corrected chi connectivity index (χ4v) is 3.02. The maximum atomic E-state index is 5.48. The minimum atomic E-state index is -0.214. The summed E-state index contributed by atoms with van der Waals surface area (Å²) in [5, 5.41) is 0. The van der Waals surface area contributed by atoms with E-state index in [-0.39, 0.29) is 5.60 Å². The van der Waals surface area contributed by atoms with Gasteiger partial charge in [0.1, 0.15) is 6.61 Å². The molecule has 1 atom stereocenters. The fraction of sp³-hybridized carbons (Fsp3) is 0.600. The smallest absolute Gasteiger partial charge is 0.108 e. The fourth-order valence-electron chi connectivity index (χ4n) is 3.02. The molecule has 1 aliphatic heterocycles. The average Bonchev–Trinajstić information content (AvgIpc) is 2.12. The highest BCUT2D eigenvalue weighted by atomic mass is 17.2. The molecule has 0 saturated heterocycles. The lowest BCUT2D eigenvalue weighted by atomic mass is 9.83. The van der Waals surface area contributed by atoms with Crippen LogP contribution in [0.1, 0.15) is 55.4 Å². The van der Waals surface area contributed by atoms with Crippen molar-refractivity contribution in [3.05, 3.63) is 34.4 Å². The molecule has 0 N–H and O–H groups in total. The molecule has 1 unspecified atom stereocenters. The minimum absolute atomic E-state index is 0.214. The first-order valence-electron chi connectivity index (χ1n) is 6.30. The van der Waals surface area contributed by atoms with Gasteiger partial charge >= 0.3 is 0 Å². The van der Waals surface area contributed by atoms with Crippen molar-refractivity contribution in [3.63, 3.8) is 0 Å². The van der Waals surface area contributed by atoms with Gasteiger partial charge in [0.15, 0.2) is 0 Å². The summed E-state index contributed by atoms with van der Waals surface area (Å²) in [5.41, 5.74) is 5.15. The Morgan fingerprint density at radius 3 is 2.65 bits per heavy atom. The van der Waals surface area contributed by atoms with E-state index in [0.717, 1.165) is 6.42 Å². The standard InChI is InChI=1S/C15H22O2/c1-10-6-11(2)14-12(3)8-15(4,5)17-16-9-13(14)7-10/h6-7,12H,8-9H2,1-5H3. The Bertz CT molecular complexity index is 421. The van der Waals surface area contributed by atoms with Crippen LogP contribution in [0.3, 0.4) is 0 Å². The number of fused-ring (bicyclic) bond motifs is 1. The van der Waals surface area contributed by atoms with Gasteiger partial charge in [-0.1, -0.05) is 24.6 Å². The van der Waals surface area contributed by atoms with E-state index in [4.69, 9.17) is 9.78 Å². The van der Waals surface area contributed by atoms with E-state index < -0.39 is 0 Å². The zero-order valence-electron chi connectivity index (χ0n) is 11.5. The monoisotopic (exact) mass is 234 g/mol. The van der Waals surface area contributed by atoms with Crippen LogP contribution in [0.5, 0.6) is 0 Å². The third-order valence-electron chi connectivity index (χ3n) is 3.41. The van der Waals surface area contributed by atoms with Crippen LogP contribution in [0, 0.1) is 13.8 Å². The molecule has 2 nitrogen and oxygen atoms in total. The summed E-state index contributed by atoms with van der Waals surface area (Å²) in [5.74, 6) is 0.504. The number of aryl methyl sites for hydroxylation is 2. The van der Waals surface area contributed by atoms with Crippen LogP contribution in [0.15, 0.2) is 12.1 Å². The molecular weight excluding hydrogens is 212 g/mol. The van der Waals surface area contributed by atoms with Crippen molar-refractivity contribution in [1.82, 2.24) is 0 Å². The minimum Gasteiger partial charge on any atom is -0.231 e. The molecule has 0 aliphatic carbocycles. The van der Waals surface area contributed by atoms with Gasteiger partial charge in [-0.3, -0.25) is 0 Å². The number of hydrogen-bond donors (Lipinski definition) is 0. The molecule has 1 aromatic carbocycles. The predicted molar refractivity (Wildman–Crippen MR) is 68.9 cm³/mol. The van der Waals surface area contributed by atoms with Gasteiger partial charge in [-0.15, -0.1) is 0 Å². The van der Waals surface area contributed by atoms with Gasteiger partial charge in [0.2, 0.25) is 0 Å². The Labute approximate surface area is 104 Å². The lowest BCUT2D eigenvalue weighted by Gasteiger charge is -2.32. The first kappa shape index (κ1) is 12.6.